The molecule has 0 radical (unpaired) electrons. The topological polar surface area (TPSA) is 52.6 Å². The number of carbonyl (C=O) groups excluding carboxylic acids is 2. The van der Waals surface area contributed by atoms with Crippen LogP contribution in [0.3, 0.4) is 0 Å². The number of hydrogen-bond acceptors (Lipinski definition) is 4. The summed E-state index contributed by atoms with van der Waals surface area (Å²) in [5.74, 6) is -0.389. The Balaban J connectivity index is 0. The van der Waals surface area contributed by atoms with Crippen molar-refractivity contribution in [3.8, 4) is 0 Å². The maximum atomic E-state index is 10.9. The number of hydrogen-bond donors (Lipinski definition) is 0. The van der Waals surface area contributed by atoms with E-state index in [-0.39, 0.29) is 31.6 Å². The van der Waals surface area contributed by atoms with Crippen molar-refractivity contribution in [1.29, 1.82) is 0 Å². The van der Waals surface area contributed by atoms with Gasteiger partial charge in [0, 0.05) is 0 Å². The fourth-order valence-electron chi connectivity index (χ4n) is 0.332. The van der Waals surface area contributed by atoms with E-state index < -0.39 is 5.41 Å². The molecule has 0 aliphatic rings. The van der Waals surface area contributed by atoms with E-state index in [1.54, 1.807) is 20.8 Å². The Bertz CT molecular complexity index is 150. The normalized spacial score (nSPS) is 9.58. The van der Waals surface area contributed by atoms with Crippen LogP contribution in [0.1, 0.15) is 20.8 Å². The molecule has 0 fully saturated rings. The second-order valence-electron chi connectivity index (χ2n) is 3.06. The summed E-state index contributed by atoms with van der Waals surface area (Å²) in [5.41, 5.74) is -0.549. The van der Waals surface area contributed by atoms with Gasteiger partial charge >= 0.3 is 5.97 Å². The van der Waals surface area contributed by atoms with Crippen LogP contribution in [0.25, 0.3) is 0 Å². The number of halogens is 1. The minimum atomic E-state index is -0.549. The first-order chi connectivity index (χ1) is 4.98. The Morgan fingerprint density at radius 2 is 1.92 bits per heavy atom. The highest BCUT2D eigenvalue weighted by Crippen LogP contribution is 2.14. The molecule has 0 amide bonds. The largest absolute Gasteiger partial charge is 0.430 e. The van der Waals surface area contributed by atoms with E-state index in [0.717, 1.165) is 0 Å². The molecular formula is C7H13ClO4. The molecule has 0 N–H and O–H groups in total. The summed E-state index contributed by atoms with van der Waals surface area (Å²) in [6, 6.07) is 0. The van der Waals surface area contributed by atoms with Crippen molar-refractivity contribution < 1.29 is 19.1 Å². The lowest BCUT2D eigenvalue weighted by atomic mass is 9.98. The third kappa shape index (κ3) is 5.97. The van der Waals surface area contributed by atoms with Gasteiger partial charge in [0.1, 0.15) is 0 Å². The SMILES string of the molecule is CC(C)(C)C(=O)OCOC=O.Cl. The van der Waals surface area contributed by atoms with Crippen molar-refractivity contribution in [3.63, 3.8) is 0 Å². The molecule has 0 saturated carbocycles. The van der Waals surface area contributed by atoms with Crippen molar-refractivity contribution in [3.05, 3.63) is 0 Å². The Kier molecular flexibility index (Phi) is 6.70. The van der Waals surface area contributed by atoms with Gasteiger partial charge in [0.15, 0.2) is 0 Å². The molecule has 4 nitrogen and oxygen atoms in total. The summed E-state index contributed by atoms with van der Waals surface area (Å²) in [6.45, 7) is 5.08. The Hall–Kier alpha value is -0.770. The van der Waals surface area contributed by atoms with Crippen molar-refractivity contribution in [2.24, 2.45) is 5.41 Å². The predicted molar refractivity (Wildman–Crippen MR) is 44.8 cm³/mol. The van der Waals surface area contributed by atoms with Crippen LogP contribution in [-0.2, 0) is 19.1 Å². The average molecular weight is 197 g/mol. The summed E-state index contributed by atoms with van der Waals surface area (Å²) >= 11 is 0. The molecule has 0 aliphatic carbocycles. The molecule has 0 spiro atoms. The van der Waals surface area contributed by atoms with Crippen molar-refractivity contribution in [2.75, 3.05) is 6.79 Å². The molecule has 0 aromatic carbocycles. The maximum Gasteiger partial charge on any atom is 0.314 e. The molecular weight excluding hydrogens is 184 g/mol. The van der Waals surface area contributed by atoms with Crippen LogP contribution in [0, 0.1) is 5.41 Å². The molecule has 0 aromatic heterocycles. The van der Waals surface area contributed by atoms with E-state index in [2.05, 4.69) is 9.47 Å². The summed E-state index contributed by atoms with van der Waals surface area (Å²) in [4.78, 5) is 20.5. The van der Waals surface area contributed by atoms with Gasteiger partial charge < -0.3 is 9.47 Å². The molecule has 0 heterocycles. The van der Waals surface area contributed by atoms with Gasteiger partial charge in [0.05, 0.1) is 5.41 Å². The quantitative estimate of drug-likeness (QED) is 0.294. The lowest BCUT2D eigenvalue weighted by Crippen LogP contribution is -2.23. The van der Waals surface area contributed by atoms with Crippen LogP contribution >= 0.6 is 12.4 Å². The third-order valence-electron chi connectivity index (χ3n) is 0.938. The Morgan fingerprint density at radius 1 is 1.42 bits per heavy atom. The molecule has 12 heavy (non-hydrogen) atoms. The molecule has 0 saturated heterocycles. The number of rotatable bonds is 3. The van der Waals surface area contributed by atoms with Gasteiger partial charge in [-0.1, -0.05) is 0 Å². The van der Waals surface area contributed by atoms with Crippen molar-refractivity contribution in [1.82, 2.24) is 0 Å². The fourth-order valence-corrected chi connectivity index (χ4v) is 0.332. The summed E-state index contributed by atoms with van der Waals surface area (Å²) in [7, 11) is 0. The van der Waals surface area contributed by atoms with E-state index in [9.17, 15) is 9.59 Å². The van der Waals surface area contributed by atoms with Gasteiger partial charge in [-0.05, 0) is 20.8 Å². The number of esters is 1. The minimum absolute atomic E-state index is 0. The van der Waals surface area contributed by atoms with Gasteiger partial charge in [-0.3, -0.25) is 9.59 Å². The lowest BCUT2D eigenvalue weighted by molar-refractivity contribution is -0.167. The van der Waals surface area contributed by atoms with Crippen molar-refractivity contribution in [2.45, 2.75) is 20.8 Å². The van der Waals surface area contributed by atoms with Crippen LogP contribution in [0.5, 0.6) is 0 Å². The molecule has 0 aromatic rings. The monoisotopic (exact) mass is 196 g/mol. The van der Waals surface area contributed by atoms with Gasteiger partial charge in [0.2, 0.25) is 6.79 Å². The van der Waals surface area contributed by atoms with E-state index >= 15 is 0 Å². The van der Waals surface area contributed by atoms with Crippen LogP contribution in [0.4, 0.5) is 0 Å². The van der Waals surface area contributed by atoms with E-state index in [1.807, 2.05) is 0 Å². The fraction of sp³-hybridized carbons (Fsp3) is 0.714. The van der Waals surface area contributed by atoms with Gasteiger partial charge in [0.25, 0.3) is 6.47 Å². The maximum absolute atomic E-state index is 10.9. The first kappa shape index (κ1) is 13.8. The molecule has 0 bridgehead atoms. The molecule has 0 rings (SSSR count). The second kappa shape index (κ2) is 5.83. The smallest absolute Gasteiger partial charge is 0.314 e. The van der Waals surface area contributed by atoms with E-state index in [1.165, 1.54) is 0 Å². The summed E-state index contributed by atoms with van der Waals surface area (Å²) in [5, 5.41) is 0. The zero-order chi connectivity index (χ0) is 8.91. The van der Waals surface area contributed by atoms with Crippen molar-refractivity contribution >= 4 is 24.8 Å². The first-order valence-electron chi connectivity index (χ1n) is 3.21. The number of ether oxygens (including phenoxy) is 2. The standard InChI is InChI=1S/C7H12O4.ClH/c1-7(2,3)6(9)11-5-10-4-8;/h4H,5H2,1-3H3;1H. The third-order valence-corrected chi connectivity index (χ3v) is 0.938. The zero-order valence-electron chi connectivity index (χ0n) is 7.33. The van der Waals surface area contributed by atoms with Gasteiger partial charge in [-0.25, -0.2) is 0 Å². The summed E-state index contributed by atoms with van der Waals surface area (Å²) < 4.78 is 8.73. The molecule has 5 heteroatoms. The molecule has 72 valence electrons. The molecule has 0 unspecified atom stereocenters. The highest BCUT2D eigenvalue weighted by Gasteiger charge is 2.22. The average Bonchev–Trinajstić information content (AvgIpc) is 1.86. The Labute approximate surface area is 77.6 Å². The van der Waals surface area contributed by atoms with Gasteiger partial charge in [-0.2, -0.15) is 0 Å². The number of carbonyl (C=O) groups is 2. The zero-order valence-corrected chi connectivity index (χ0v) is 8.14. The summed E-state index contributed by atoms with van der Waals surface area (Å²) in [6.07, 6.45) is 0. The van der Waals surface area contributed by atoms with Crippen LogP contribution < -0.4 is 0 Å². The van der Waals surface area contributed by atoms with E-state index in [4.69, 9.17) is 0 Å². The van der Waals surface area contributed by atoms with Gasteiger partial charge in [-0.15, -0.1) is 12.4 Å². The first-order valence-corrected chi connectivity index (χ1v) is 3.21. The highest BCUT2D eigenvalue weighted by molar-refractivity contribution is 5.85. The molecule has 0 atom stereocenters. The Morgan fingerprint density at radius 3 is 2.25 bits per heavy atom. The minimum Gasteiger partial charge on any atom is -0.430 e. The van der Waals surface area contributed by atoms with Crippen LogP contribution in [0.15, 0.2) is 0 Å². The second-order valence-corrected chi connectivity index (χ2v) is 3.06. The molecule has 0 aliphatic heterocycles. The predicted octanol–water partition coefficient (Wildman–Crippen LogP) is 1.13. The van der Waals surface area contributed by atoms with Crippen LogP contribution in [-0.4, -0.2) is 19.2 Å². The van der Waals surface area contributed by atoms with E-state index in [0.29, 0.717) is 0 Å². The lowest BCUT2D eigenvalue weighted by Gasteiger charge is -2.15. The highest BCUT2D eigenvalue weighted by atomic mass is 35.5. The van der Waals surface area contributed by atoms with Crippen LogP contribution in [0.2, 0.25) is 0 Å².